The third-order valence-electron chi connectivity index (χ3n) is 4.73. The molecular weight excluding hydrogens is 384 g/mol. The van der Waals surface area contributed by atoms with Crippen molar-refractivity contribution in [3.05, 3.63) is 82.0 Å². The molecule has 0 aliphatic heterocycles. The summed E-state index contributed by atoms with van der Waals surface area (Å²) in [5.74, 6) is 1.43. The highest BCUT2D eigenvalue weighted by Gasteiger charge is 2.19. The molecule has 0 saturated heterocycles. The van der Waals surface area contributed by atoms with Crippen molar-refractivity contribution in [1.29, 1.82) is 0 Å². The second-order valence-corrected chi connectivity index (χ2v) is 7.61. The third-order valence-corrected chi connectivity index (χ3v) is 5.69. The molecule has 6 heteroatoms. The number of hydrogen-bond acceptors (Lipinski definition) is 4. The Kier molecular flexibility index (Phi) is 7.67. The van der Waals surface area contributed by atoms with Gasteiger partial charge in [0, 0.05) is 12.1 Å². The van der Waals surface area contributed by atoms with Gasteiger partial charge in [0.1, 0.15) is 6.04 Å². The number of methoxy groups -OCH3 is 2. The van der Waals surface area contributed by atoms with E-state index in [1.807, 2.05) is 42.5 Å². The lowest BCUT2D eigenvalue weighted by Gasteiger charge is -2.15. The highest BCUT2D eigenvalue weighted by Crippen LogP contribution is 2.27. The number of rotatable bonds is 10. The van der Waals surface area contributed by atoms with Gasteiger partial charge in [0.15, 0.2) is 18.0 Å². The number of carbonyl (C=O) groups excluding carboxylic acids is 1. The summed E-state index contributed by atoms with van der Waals surface area (Å²) in [6.45, 7) is 0.959. The highest BCUT2D eigenvalue weighted by molar-refractivity contribution is 7.10. The van der Waals surface area contributed by atoms with Gasteiger partial charge in [0.2, 0.25) is 0 Å². The van der Waals surface area contributed by atoms with Crippen molar-refractivity contribution in [3.8, 4) is 11.5 Å². The summed E-state index contributed by atoms with van der Waals surface area (Å²) >= 11 is 1.71. The van der Waals surface area contributed by atoms with Gasteiger partial charge in [-0.05, 0) is 35.6 Å². The number of nitrogens with two attached hydrogens (primary N) is 1. The Morgan fingerprint density at radius 1 is 1.03 bits per heavy atom. The van der Waals surface area contributed by atoms with E-state index < -0.39 is 0 Å². The molecule has 3 aromatic rings. The van der Waals surface area contributed by atoms with E-state index in [9.17, 15) is 4.79 Å². The maximum absolute atomic E-state index is 12.4. The van der Waals surface area contributed by atoms with Crippen molar-refractivity contribution in [2.45, 2.75) is 12.5 Å². The minimum absolute atomic E-state index is 0.0305. The van der Waals surface area contributed by atoms with Crippen LogP contribution in [0, 0.1) is 0 Å². The number of amides is 1. The van der Waals surface area contributed by atoms with Gasteiger partial charge in [-0.2, -0.15) is 0 Å². The van der Waals surface area contributed by atoms with Gasteiger partial charge in [-0.15, -0.1) is 11.3 Å². The van der Waals surface area contributed by atoms with Crippen LogP contribution in [0.25, 0.3) is 0 Å². The molecule has 2 aromatic carbocycles. The van der Waals surface area contributed by atoms with Crippen LogP contribution >= 0.6 is 11.3 Å². The molecule has 152 valence electrons. The summed E-state index contributed by atoms with van der Waals surface area (Å²) in [5.41, 5.74) is 2.29. The van der Waals surface area contributed by atoms with E-state index in [0.717, 1.165) is 12.0 Å². The predicted octanol–water partition coefficient (Wildman–Crippen LogP) is 2.78. The normalized spacial score (nSPS) is 11.7. The molecule has 29 heavy (non-hydrogen) atoms. The number of ether oxygens (including phenoxy) is 2. The molecule has 0 aliphatic carbocycles. The number of nitrogens with one attached hydrogen (secondary N) is 1. The maximum atomic E-state index is 12.4. The Morgan fingerprint density at radius 3 is 2.52 bits per heavy atom. The van der Waals surface area contributed by atoms with E-state index in [2.05, 4.69) is 34.2 Å². The van der Waals surface area contributed by atoms with E-state index in [1.54, 1.807) is 25.6 Å². The zero-order valence-corrected chi connectivity index (χ0v) is 17.6. The fourth-order valence-electron chi connectivity index (χ4n) is 3.22. The van der Waals surface area contributed by atoms with Crippen LogP contribution < -0.4 is 20.1 Å². The Bertz CT molecular complexity index is 898. The first kappa shape index (κ1) is 20.9. The summed E-state index contributed by atoms with van der Waals surface area (Å²) in [7, 11) is 3.24. The molecule has 0 bridgehead atoms. The fraction of sp³-hybridized carbons (Fsp3) is 0.261. The molecule has 3 N–H and O–H groups in total. The Balaban J connectivity index is 1.51. The minimum atomic E-state index is 0.0305. The molecule has 1 aromatic heterocycles. The van der Waals surface area contributed by atoms with E-state index in [4.69, 9.17) is 9.47 Å². The number of benzene rings is 2. The molecular formula is C23H27N2O3S+. The van der Waals surface area contributed by atoms with Crippen molar-refractivity contribution in [1.82, 2.24) is 5.32 Å². The Morgan fingerprint density at radius 2 is 1.83 bits per heavy atom. The summed E-state index contributed by atoms with van der Waals surface area (Å²) in [6, 6.07) is 20.4. The zero-order valence-electron chi connectivity index (χ0n) is 16.8. The molecule has 5 nitrogen and oxygen atoms in total. The van der Waals surface area contributed by atoms with Gasteiger partial charge in [-0.25, -0.2) is 0 Å². The Hall–Kier alpha value is -2.83. The zero-order chi connectivity index (χ0) is 20.5. The summed E-state index contributed by atoms with van der Waals surface area (Å²) in [6.07, 6.45) is 0.735. The van der Waals surface area contributed by atoms with Gasteiger partial charge >= 0.3 is 0 Å². The van der Waals surface area contributed by atoms with E-state index in [-0.39, 0.29) is 11.9 Å². The number of hydrogen-bond donors (Lipinski definition) is 2. The molecule has 0 unspecified atom stereocenters. The average Bonchev–Trinajstić information content (AvgIpc) is 3.29. The summed E-state index contributed by atoms with van der Waals surface area (Å²) in [5, 5.41) is 7.17. The molecule has 0 saturated carbocycles. The van der Waals surface area contributed by atoms with Crippen LogP contribution in [0.3, 0.4) is 0 Å². The molecule has 0 aliphatic rings. The monoisotopic (exact) mass is 411 g/mol. The largest absolute Gasteiger partial charge is 0.493 e. The molecule has 3 rings (SSSR count). The quantitative estimate of drug-likeness (QED) is 0.539. The first-order valence-electron chi connectivity index (χ1n) is 9.60. The number of quaternary nitrogens is 1. The topological polar surface area (TPSA) is 64.2 Å². The van der Waals surface area contributed by atoms with Crippen molar-refractivity contribution in [2.75, 3.05) is 27.3 Å². The van der Waals surface area contributed by atoms with E-state index in [1.165, 1.54) is 10.4 Å². The minimum Gasteiger partial charge on any atom is -0.493 e. The summed E-state index contributed by atoms with van der Waals surface area (Å²) < 4.78 is 10.6. The van der Waals surface area contributed by atoms with Crippen molar-refractivity contribution < 1.29 is 19.6 Å². The molecule has 0 radical (unpaired) electrons. The van der Waals surface area contributed by atoms with Crippen LogP contribution in [0.4, 0.5) is 0 Å². The molecule has 1 atom stereocenters. The van der Waals surface area contributed by atoms with Crippen LogP contribution in [0.1, 0.15) is 22.0 Å². The lowest BCUT2D eigenvalue weighted by atomic mass is 10.1. The average molecular weight is 412 g/mol. The van der Waals surface area contributed by atoms with Crippen LogP contribution in [-0.4, -0.2) is 33.2 Å². The third kappa shape index (κ3) is 5.82. The first-order chi connectivity index (χ1) is 14.2. The molecule has 0 spiro atoms. The Labute approximate surface area is 175 Å². The second-order valence-electron chi connectivity index (χ2n) is 6.63. The van der Waals surface area contributed by atoms with Gasteiger partial charge in [-0.1, -0.05) is 42.5 Å². The standard InChI is InChI=1S/C23H26N2O3S/c1-27-19-11-10-17(15-20(19)28-2)12-13-24-22(26)16-25-23(21-9-6-14-29-21)18-7-4-3-5-8-18/h3-11,14-15,23,25H,12-13,16H2,1-2H3,(H,24,26)/p+1/t23-/m1/s1. The van der Waals surface area contributed by atoms with Crippen molar-refractivity contribution in [2.24, 2.45) is 0 Å². The second kappa shape index (κ2) is 10.6. The van der Waals surface area contributed by atoms with E-state index >= 15 is 0 Å². The molecule has 0 fully saturated rings. The lowest BCUT2D eigenvalue weighted by Crippen LogP contribution is -2.87. The lowest BCUT2D eigenvalue weighted by molar-refractivity contribution is -0.676. The fourth-order valence-corrected chi connectivity index (χ4v) is 4.07. The molecule has 1 amide bonds. The van der Waals surface area contributed by atoms with Crippen LogP contribution in [0.15, 0.2) is 66.0 Å². The first-order valence-corrected chi connectivity index (χ1v) is 10.5. The van der Waals surface area contributed by atoms with Crippen molar-refractivity contribution >= 4 is 17.2 Å². The highest BCUT2D eigenvalue weighted by atomic mass is 32.1. The number of thiophene rings is 1. The van der Waals surface area contributed by atoms with Gasteiger partial charge in [-0.3, -0.25) is 4.79 Å². The predicted molar refractivity (Wildman–Crippen MR) is 116 cm³/mol. The maximum Gasteiger partial charge on any atom is 0.275 e. The van der Waals surface area contributed by atoms with Crippen LogP contribution in [0.5, 0.6) is 11.5 Å². The molecule has 1 heterocycles. The number of carbonyl (C=O) groups is 1. The smallest absolute Gasteiger partial charge is 0.275 e. The van der Waals surface area contributed by atoms with Gasteiger partial charge in [0.25, 0.3) is 5.91 Å². The SMILES string of the molecule is COc1ccc(CCNC(=O)C[NH2+][C@H](c2ccccc2)c2cccs2)cc1OC. The van der Waals surface area contributed by atoms with Crippen LogP contribution in [0.2, 0.25) is 0 Å². The van der Waals surface area contributed by atoms with Crippen molar-refractivity contribution in [3.63, 3.8) is 0 Å². The van der Waals surface area contributed by atoms with E-state index in [0.29, 0.717) is 24.6 Å². The summed E-state index contributed by atoms with van der Waals surface area (Å²) in [4.78, 5) is 13.6. The van der Waals surface area contributed by atoms with Crippen LogP contribution in [-0.2, 0) is 11.2 Å². The van der Waals surface area contributed by atoms with Gasteiger partial charge < -0.3 is 20.1 Å². The van der Waals surface area contributed by atoms with Gasteiger partial charge in [0.05, 0.1) is 19.1 Å².